The molecule has 234 valence electrons. The van der Waals surface area contributed by atoms with Crippen molar-refractivity contribution in [1.29, 1.82) is 0 Å². The lowest BCUT2D eigenvalue weighted by molar-refractivity contribution is 0.120. The number of imidazole rings is 1. The molecular formula is C31H41N9O4. The molecular weight excluding hydrogens is 562 g/mol. The van der Waals surface area contributed by atoms with Crippen LogP contribution in [0.25, 0.3) is 11.2 Å². The molecule has 2 aliphatic heterocycles. The van der Waals surface area contributed by atoms with E-state index in [2.05, 4.69) is 37.1 Å². The number of piperazine rings is 1. The molecule has 0 amide bonds. The normalized spacial score (nSPS) is 19.5. The average molecular weight is 604 g/mol. The van der Waals surface area contributed by atoms with Crippen molar-refractivity contribution < 1.29 is 19.3 Å². The standard InChI is InChI=1S/C31H41N9O4/c1-42-26-15-24(16-27(43-2)29(26)44-3)38-18-28(32-20-38)33-30-25-9-8-22(17-36-11-13-37(14-12-36)21-6-7-21)40(25)35-31(34-30)39-10-4-5-23(39)19-41/h8-9,15-16,18,20-21,23,41H,4-7,10-14,17,19H2,1-3H3,(H,33,34,35)/t23-/m0/s1. The number of methoxy groups -OCH3 is 3. The molecule has 3 aromatic heterocycles. The summed E-state index contributed by atoms with van der Waals surface area (Å²) in [6.45, 7) is 6.08. The molecule has 4 aromatic rings. The highest BCUT2D eigenvalue weighted by molar-refractivity contribution is 5.74. The molecule has 13 heteroatoms. The molecule has 1 aliphatic carbocycles. The minimum absolute atomic E-state index is 0.00838. The summed E-state index contributed by atoms with van der Waals surface area (Å²) in [6.07, 6.45) is 8.25. The van der Waals surface area contributed by atoms with E-state index in [4.69, 9.17) is 24.3 Å². The molecule has 0 unspecified atom stereocenters. The Bertz CT molecular complexity index is 1580. The first-order valence-electron chi connectivity index (χ1n) is 15.4. The second-order valence-corrected chi connectivity index (χ2v) is 11.8. The van der Waals surface area contributed by atoms with Gasteiger partial charge in [0.1, 0.15) is 17.7 Å². The summed E-state index contributed by atoms with van der Waals surface area (Å²) in [5.41, 5.74) is 2.81. The molecule has 7 rings (SSSR count). The highest BCUT2D eigenvalue weighted by Gasteiger charge is 2.32. The van der Waals surface area contributed by atoms with Crippen molar-refractivity contribution in [3.05, 3.63) is 42.5 Å². The van der Waals surface area contributed by atoms with Crippen LogP contribution in [-0.4, -0.2) is 112 Å². The van der Waals surface area contributed by atoms with Crippen LogP contribution in [0, 0.1) is 0 Å². The summed E-state index contributed by atoms with van der Waals surface area (Å²) in [6, 6.07) is 8.79. The van der Waals surface area contributed by atoms with Crippen LogP contribution in [0.4, 0.5) is 17.6 Å². The van der Waals surface area contributed by atoms with Crippen LogP contribution < -0.4 is 24.4 Å². The smallest absolute Gasteiger partial charge is 0.245 e. The van der Waals surface area contributed by atoms with Gasteiger partial charge in [0.05, 0.1) is 51.6 Å². The fraction of sp³-hybridized carbons (Fsp3) is 0.516. The molecule has 2 N–H and O–H groups in total. The van der Waals surface area contributed by atoms with Crippen LogP contribution in [0.2, 0.25) is 0 Å². The topological polar surface area (TPSA) is 118 Å². The number of aliphatic hydroxyl groups excluding tert-OH is 1. The number of nitrogens with zero attached hydrogens (tertiary/aromatic N) is 8. The highest BCUT2D eigenvalue weighted by atomic mass is 16.5. The number of rotatable bonds is 11. The number of hydrogen-bond donors (Lipinski definition) is 2. The lowest BCUT2D eigenvalue weighted by Gasteiger charge is -2.34. The maximum absolute atomic E-state index is 10.1. The summed E-state index contributed by atoms with van der Waals surface area (Å²) in [7, 11) is 4.78. The number of benzene rings is 1. The Balaban J connectivity index is 1.19. The predicted molar refractivity (Wildman–Crippen MR) is 167 cm³/mol. The van der Waals surface area contributed by atoms with E-state index in [-0.39, 0.29) is 12.6 Å². The Kier molecular flexibility index (Phi) is 7.91. The van der Waals surface area contributed by atoms with Gasteiger partial charge in [-0.3, -0.25) is 9.80 Å². The van der Waals surface area contributed by atoms with E-state index in [9.17, 15) is 5.11 Å². The van der Waals surface area contributed by atoms with Gasteiger partial charge in [-0.1, -0.05) is 0 Å². The Morgan fingerprint density at radius 2 is 1.73 bits per heavy atom. The second-order valence-electron chi connectivity index (χ2n) is 11.8. The lowest BCUT2D eigenvalue weighted by Crippen LogP contribution is -2.46. The molecule has 0 spiro atoms. The Morgan fingerprint density at radius 3 is 2.41 bits per heavy atom. The number of nitrogens with one attached hydrogen (secondary N) is 1. The first-order valence-corrected chi connectivity index (χ1v) is 15.4. The number of fused-ring (bicyclic) bond motifs is 1. The number of aliphatic hydroxyl groups is 1. The van der Waals surface area contributed by atoms with Gasteiger partial charge in [-0.2, -0.15) is 4.98 Å². The maximum atomic E-state index is 10.1. The lowest BCUT2D eigenvalue weighted by atomic mass is 10.2. The summed E-state index contributed by atoms with van der Waals surface area (Å²) in [5.74, 6) is 3.56. The van der Waals surface area contributed by atoms with E-state index in [1.165, 1.54) is 12.8 Å². The van der Waals surface area contributed by atoms with Crippen LogP contribution >= 0.6 is 0 Å². The van der Waals surface area contributed by atoms with Crippen molar-refractivity contribution in [3.63, 3.8) is 0 Å². The summed E-state index contributed by atoms with van der Waals surface area (Å²) in [4.78, 5) is 16.9. The van der Waals surface area contributed by atoms with E-state index >= 15 is 0 Å². The van der Waals surface area contributed by atoms with Gasteiger partial charge in [-0.25, -0.2) is 9.50 Å². The van der Waals surface area contributed by atoms with Gasteiger partial charge in [-0.05, 0) is 37.8 Å². The second kappa shape index (κ2) is 12.1. The van der Waals surface area contributed by atoms with Crippen molar-refractivity contribution in [2.75, 3.05) is 70.9 Å². The quantitative estimate of drug-likeness (QED) is 0.264. The molecule has 1 atom stereocenters. The molecule has 3 aliphatic rings. The summed E-state index contributed by atoms with van der Waals surface area (Å²) < 4.78 is 20.5. The van der Waals surface area contributed by atoms with Gasteiger partial charge in [0.25, 0.3) is 0 Å². The zero-order valence-electron chi connectivity index (χ0n) is 25.6. The van der Waals surface area contributed by atoms with Crippen molar-refractivity contribution in [1.82, 2.24) is 33.9 Å². The van der Waals surface area contributed by atoms with Crippen molar-refractivity contribution in [2.24, 2.45) is 0 Å². The monoisotopic (exact) mass is 603 g/mol. The number of ether oxygens (including phenoxy) is 3. The molecule has 1 saturated carbocycles. The SMILES string of the molecule is COc1cc(-n2cnc(Nc3nc(N4CCC[C@H]4CO)nn4c(CN5CCN(C6CC6)CC5)ccc34)c2)cc(OC)c1OC. The average Bonchev–Trinajstić information content (AvgIpc) is 3.41. The van der Waals surface area contributed by atoms with Crippen molar-refractivity contribution >= 4 is 23.1 Å². The van der Waals surface area contributed by atoms with Crippen molar-refractivity contribution in [2.45, 2.75) is 44.3 Å². The molecule has 5 heterocycles. The maximum Gasteiger partial charge on any atom is 0.245 e. The fourth-order valence-corrected chi connectivity index (χ4v) is 6.48. The first kappa shape index (κ1) is 28.7. The number of aromatic nitrogens is 5. The number of hydrogen-bond acceptors (Lipinski definition) is 11. The van der Waals surface area contributed by atoms with E-state index in [1.54, 1.807) is 27.7 Å². The molecule has 0 bridgehead atoms. The Morgan fingerprint density at radius 1 is 0.955 bits per heavy atom. The predicted octanol–water partition coefficient (Wildman–Crippen LogP) is 2.93. The molecule has 0 radical (unpaired) electrons. The van der Waals surface area contributed by atoms with Crippen LogP contribution in [0.5, 0.6) is 17.2 Å². The molecule has 44 heavy (non-hydrogen) atoms. The third-order valence-electron chi connectivity index (χ3n) is 9.05. The van der Waals surface area contributed by atoms with Gasteiger partial charge in [-0.15, -0.1) is 5.10 Å². The van der Waals surface area contributed by atoms with E-state index in [0.29, 0.717) is 34.8 Å². The van der Waals surface area contributed by atoms with Crippen LogP contribution in [0.15, 0.2) is 36.8 Å². The van der Waals surface area contributed by atoms with Crippen LogP contribution in [0.1, 0.15) is 31.4 Å². The van der Waals surface area contributed by atoms with Gasteiger partial charge in [0, 0.05) is 57.4 Å². The van der Waals surface area contributed by atoms with Gasteiger partial charge in [0.2, 0.25) is 11.7 Å². The molecule has 1 aromatic carbocycles. The third kappa shape index (κ3) is 5.51. The third-order valence-corrected chi connectivity index (χ3v) is 9.05. The van der Waals surface area contributed by atoms with Gasteiger partial charge in [0.15, 0.2) is 17.3 Å². The highest BCUT2D eigenvalue weighted by Crippen LogP contribution is 2.39. The van der Waals surface area contributed by atoms with E-state index in [0.717, 1.165) is 75.1 Å². The fourth-order valence-electron chi connectivity index (χ4n) is 6.48. The summed E-state index contributed by atoms with van der Waals surface area (Å²) >= 11 is 0. The minimum atomic E-state index is 0.00838. The summed E-state index contributed by atoms with van der Waals surface area (Å²) in [5, 5.41) is 18.5. The van der Waals surface area contributed by atoms with Crippen LogP contribution in [0.3, 0.4) is 0 Å². The zero-order chi connectivity index (χ0) is 30.2. The zero-order valence-corrected chi connectivity index (χ0v) is 25.6. The van der Waals surface area contributed by atoms with E-state index in [1.807, 2.05) is 27.4 Å². The largest absolute Gasteiger partial charge is 0.493 e. The minimum Gasteiger partial charge on any atom is -0.493 e. The Labute approximate surface area is 256 Å². The van der Waals surface area contributed by atoms with E-state index < -0.39 is 0 Å². The number of anilines is 3. The van der Waals surface area contributed by atoms with Gasteiger partial charge >= 0.3 is 0 Å². The molecule has 3 fully saturated rings. The Hall–Kier alpha value is -4.07. The van der Waals surface area contributed by atoms with Gasteiger partial charge < -0.3 is 34.1 Å². The first-order chi connectivity index (χ1) is 21.6. The van der Waals surface area contributed by atoms with Crippen molar-refractivity contribution in [3.8, 4) is 22.9 Å². The van der Waals surface area contributed by atoms with Crippen LogP contribution in [-0.2, 0) is 6.54 Å². The molecule has 13 nitrogen and oxygen atoms in total. The molecule has 2 saturated heterocycles.